The first-order chi connectivity index (χ1) is 9.49. The van der Waals surface area contributed by atoms with Crippen LogP contribution in [-0.4, -0.2) is 23.5 Å². The predicted octanol–water partition coefficient (Wildman–Crippen LogP) is 2.69. The van der Waals surface area contributed by atoms with Crippen molar-refractivity contribution in [3.8, 4) is 16.9 Å². The number of ether oxygens (including phenoxy) is 1. The lowest BCUT2D eigenvalue weighted by Gasteiger charge is -2.09. The molecule has 0 amide bonds. The van der Waals surface area contributed by atoms with E-state index in [1.807, 2.05) is 0 Å². The second-order valence-electron chi connectivity index (χ2n) is 4.19. The molecule has 0 aliphatic rings. The van der Waals surface area contributed by atoms with Crippen molar-refractivity contribution < 1.29 is 19.0 Å². The Morgan fingerprint density at radius 3 is 2.55 bits per heavy atom. The fourth-order valence-electron chi connectivity index (χ4n) is 2.07. The number of carbonyl (C=O) groups excluding carboxylic acids is 1. The largest absolute Gasteiger partial charge is 0.496 e. The maximum atomic E-state index is 11.0. The third-order valence-electron chi connectivity index (χ3n) is 2.98. The van der Waals surface area contributed by atoms with Gasteiger partial charge in [0.25, 0.3) is 5.69 Å². The number of benzene rings is 1. The molecule has 0 bridgehead atoms. The first-order valence-electron chi connectivity index (χ1n) is 5.74. The van der Waals surface area contributed by atoms with Crippen LogP contribution in [0.1, 0.15) is 21.8 Å². The summed E-state index contributed by atoms with van der Waals surface area (Å²) in [7, 11) is 1.40. The molecule has 0 fully saturated rings. The Morgan fingerprint density at radius 2 is 2.10 bits per heavy atom. The highest BCUT2D eigenvalue weighted by atomic mass is 16.6. The van der Waals surface area contributed by atoms with Crippen molar-refractivity contribution in [2.75, 3.05) is 7.11 Å². The minimum absolute atomic E-state index is 0.0224. The molecular formula is C13H12N2O5. The predicted molar refractivity (Wildman–Crippen MR) is 70.0 cm³/mol. The summed E-state index contributed by atoms with van der Waals surface area (Å²) in [5.41, 5.74) is 1.50. The van der Waals surface area contributed by atoms with Crippen molar-refractivity contribution in [1.82, 2.24) is 5.16 Å². The van der Waals surface area contributed by atoms with Gasteiger partial charge in [-0.2, -0.15) is 0 Å². The number of nitro benzene ring substituents is 1. The molecule has 0 N–H and O–H groups in total. The highest BCUT2D eigenvalue weighted by Crippen LogP contribution is 2.38. The first kappa shape index (κ1) is 13.7. The van der Waals surface area contributed by atoms with E-state index in [0.717, 1.165) is 0 Å². The quantitative estimate of drug-likeness (QED) is 0.484. The summed E-state index contributed by atoms with van der Waals surface area (Å²) in [6.07, 6.45) is 0.444. The van der Waals surface area contributed by atoms with Crippen molar-refractivity contribution in [3.63, 3.8) is 0 Å². The van der Waals surface area contributed by atoms with Gasteiger partial charge in [0, 0.05) is 5.56 Å². The molecular weight excluding hydrogens is 264 g/mol. The first-order valence-corrected chi connectivity index (χ1v) is 5.74. The van der Waals surface area contributed by atoms with Gasteiger partial charge in [-0.25, -0.2) is 0 Å². The van der Waals surface area contributed by atoms with Crippen LogP contribution in [0.15, 0.2) is 16.7 Å². The number of nitrogens with zero attached hydrogens (tertiary/aromatic N) is 2. The third kappa shape index (κ3) is 2.13. The zero-order valence-corrected chi connectivity index (χ0v) is 11.2. The van der Waals surface area contributed by atoms with Gasteiger partial charge in [-0.05, 0) is 19.9 Å². The molecule has 0 spiro atoms. The number of rotatable bonds is 4. The summed E-state index contributed by atoms with van der Waals surface area (Å²) in [4.78, 5) is 21.4. The third-order valence-corrected chi connectivity index (χ3v) is 2.98. The molecule has 0 atom stereocenters. The average Bonchev–Trinajstić information content (AvgIpc) is 2.76. The Labute approximate surface area is 114 Å². The fourth-order valence-corrected chi connectivity index (χ4v) is 2.07. The minimum Gasteiger partial charge on any atom is -0.496 e. The lowest BCUT2D eigenvalue weighted by Crippen LogP contribution is -1.98. The number of nitro groups is 1. The molecule has 0 aliphatic heterocycles. The summed E-state index contributed by atoms with van der Waals surface area (Å²) in [5, 5.41) is 14.8. The number of hydrogen-bond acceptors (Lipinski definition) is 6. The lowest BCUT2D eigenvalue weighted by molar-refractivity contribution is -0.385. The number of carbonyl (C=O) groups is 1. The van der Waals surface area contributed by atoms with E-state index in [1.54, 1.807) is 13.8 Å². The number of methoxy groups -OCH3 is 1. The monoisotopic (exact) mass is 276 g/mol. The second kappa shape index (κ2) is 5.12. The molecule has 2 aromatic rings. The second-order valence-corrected chi connectivity index (χ2v) is 4.19. The van der Waals surface area contributed by atoms with E-state index in [4.69, 9.17) is 9.26 Å². The molecule has 0 radical (unpaired) electrons. The van der Waals surface area contributed by atoms with E-state index in [-0.39, 0.29) is 17.0 Å². The minimum atomic E-state index is -0.622. The smallest absolute Gasteiger partial charge is 0.283 e. The van der Waals surface area contributed by atoms with E-state index in [0.29, 0.717) is 28.9 Å². The molecule has 104 valence electrons. The van der Waals surface area contributed by atoms with Crippen molar-refractivity contribution in [2.45, 2.75) is 13.8 Å². The van der Waals surface area contributed by atoms with Gasteiger partial charge in [0.05, 0.1) is 34.9 Å². The van der Waals surface area contributed by atoms with Gasteiger partial charge in [0.2, 0.25) is 0 Å². The van der Waals surface area contributed by atoms with Crippen LogP contribution in [0.3, 0.4) is 0 Å². The van der Waals surface area contributed by atoms with Crippen LogP contribution in [-0.2, 0) is 0 Å². The van der Waals surface area contributed by atoms with Crippen LogP contribution in [0.2, 0.25) is 0 Å². The zero-order chi connectivity index (χ0) is 14.9. The Balaban J connectivity index is 2.77. The molecule has 0 saturated heterocycles. The van der Waals surface area contributed by atoms with Crippen LogP contribution >= 0.6 is 0 Å². The van der Waals surface area contributed by atoms with Gasteiger partial charge in [0.1, 0.15) is 11.5 Å². The fraction of sp³-hybridized carbons (Fsp3) is 0.231. The lowest BCUT2D eigenvalue weighted by atomic mass is 9.99. The van der Waals surface area contributed by atoms with Crippen LogP contribution in [0.5, 0.6) is 5.75 Å². The van der Waals surface area contributed by atoms with Crippen LogP contribution < -0.4 is 4.74 Å². The van der Waals surface area contributed by atoms with Gasteiger partial charge < -0.3 is 9.26 Å². The van der Waals surface area contributed by atoms with Crippen molar-refractivity contribution in [1.29, 1.82) is 0 Å². The summed E-state index contributed by atoms with van der Waals surface area (Å²) in [6, 6.07) is 2.64. The molecule has 2 rings (SSSR count). The van der Waals surface area contributed by atoms with E-state index < -0.39 is 4.92 Å². The molecule has 20 heavy (non-hydrogen) atoms. The molecule has 1 aromatic carbocycles. The highest BCUT2D eigenvalue weighted by molar-refractivity contribution is 5.88. The van der Waals surface area contributed by atoms with E-state index >= 15 is 0 Å². The van der Waals surface area contributed by atoms with Crippen molar-refractivity contribution >= 4 is 12.0 Å². The standard InChI is InChI=1S/C13H12N2O5/c1-7-13(8(2)20-14-7)10-4-9(6-16)11(15(17)18)5-12(10)19-3/h4-6H,1-3H3. The highest BCUT2D eigenvalue weighted by Gasteiger charge is 2.22. The number of aromatic nitrogens is 1. The number of aryl methyl sites for hydroxylation is 2. The molecule has 0 unspecified atom stereocenters. The van der Waals surface area contributed by atoms with Gasteiger partial charge in [-0.15, -0.1) is 0 Å². The molecule has 0 aliphatic carbocycles. The Kier molecular flexibility index (Phi) is 3.51. The zero-order valence-electron chi connectivity index (χ0n) is 11.2. The molecule has 1 aromatic heterocycles. The summed E-state index contributed by atoms with van der Waals surface area (Å²) >= 11 is 0. The van der Waals surface area contributed by atoms with Crippen LogP contribution in [0.4, 0.5) is 5.69 Å². The number of hydrogen-bond donors (Lipinski definition) is 0. The van der Waals surface area contributed by atoms with E-state index in [9.17, 15) is 14.9 Å². The van der Waals surface area contributed by atoms with E-state index in [1.165, 1.54) is 19.2 Å². The summed E-state index contributed by atoms with van der Waals surface area (Å²) < 4.78 is 10.3. The van der Waals surface area contributed by atoms with Crippen molar-refractivity contribution in [2.24, 2.45) is 0 Å². The Bertz CT molecular complexity index is 671. The van der Waals surface area contributed by atoms with Crippen molar-refractivity contribution in [3.05, 3.63) is 39.3 Å². The SMILES string of the molecule is COc1cc([N+](=O)[O-])c(C=O)cc1-c1c(C)noc1C. The Hall–Kier alpha value is -2.70. The van der Waals surface area contributed by atoms with Crippen LogP contribution in [0, 0.1) is 24.0 Å². The summed E-state index contributed by atoms with van der Waals surface area (Å²) in [5.74, 6) is 0.836. The average molecular weight is 276 g/mol. The summed E-state index contributed by atoms with van der Waals surface area (Å²) in [6.45, 7) is 3.46. The van der Waals surface area contributed by atoms with E-state index in [2.05, 4.69) is 5.16 Å². The maximum absolute atomic E-state index is 11.0. The van der Waals surface area contributed by atoms with Gasteiger partial charge in [0.15, 0.2) is 6.29 Å². The number of aldehydes is 1. The maximum Gasteiger partial charge on any atom is 0.283 e. The normalized spacial score (nSPS) is 10.3. The molecule has 1 heterocycles. The molecule has 7 nitrogen and oxygen atoms in total. The molecule has 7 heteroatoms. The topological polar surface area (TPSA) is 95.5 Å². The van der Waals surface area contributed by atoms with Gasteiger partial charge >= 0.3 is 0 Å². The van der Waals surface area contributed by atoms with Gasteiger partial charge in [-0.1, -0.05) is 5.16 Å². The molecule has 0 saturated carbocycles. The van der Waals surface area contributed by atoms with Gasteiger partial charge in [-0.3, -0.25) is 14.9 Å². The Morgan fingerprint density at radius 1 is 1.40 bits per heavy atom. The van der Waals surface area contributed by atoms with Crippen LogP contribution in [0.25, 0.3) is 11.1 Å².